The van der Waals surface area contributed by atoms with Crippen molar-refractivity contribution in [3.63, 3.8) is 0 Å². The summed E-state index contributed by atoms with van der Waals surface area (Å²) < 4.78 is 41.7. The maximum atomic E-state index is 14.5. The predicted octanol–water partition coefficient (Wildman–Crippen LogP) is 4.93. The van der Waals surface area contributed by atoms with Gasteiger partial charge in [-0.05, 0) is 42.8 Å². The second kappa shape index (κ2) is 11.2. The first-order valence-corrected chi connectivity index (χ1v) is 13.2. The molecule has 1 unspecified atom stereocenters. The monoisotopic (exact) mass is 581 g/mol. The van der Waals surface area contributed by atoms with Crippen LogP contribution >= 0.6 is 11.6 Å². The van der Waals surface area contributed by atoms with Crippen LogP contribution in [0.4, 0.5) is 24.7 Å². The number of carbonyl (C=O) groups excluding carboxylic acids is 3. The predicted molar refractivity (Wildman–Crippen MR) is 144 cm³/mol. The van der Waals surface area contributed by atoms with Crippen molar-refractivity contribution in [1.29, 1.82) is 5.26 Å². The quantitative estimate of drug-likeness (QED) is 0.426. The van der Waals surface area contributed by atoms with Gasteiger partial charge < -0.3 is 5.32 Å². The summed E-state index contributed by atoms with van der Waals surface area (Å²) >= 11 is 6.48. The van der Waals surface area contributed by atoms with Crippen molar-refractivity contribution in [2.24, 2.45) is 0 Å². The van der Waals surface area contributed by atoms with Crippen LogP contribution in [0.5, 0.6) is 0 Å². The number of aromatic nitrogens is 1. The van der Waals surface area contributed by atoms with E-state index in [9.17, 15) is 32.8 Å². The van der Waals surface area contributed by atoms with E-state index in [1.165, 1.54) is 42.5 Å². The Morgan fingerprint density at radius 1 is 1.12 bits per heavy atom. The lowest BCUT2D eigenvalue weighted by atomic mass is 9.87. The number of halogens is 4. The van der Waals surface area contributed by atoms with Gasteiger partial charge in [-0.1, -0.05) is 41.9 Å². The van der Waals surface area contributed by atoms with Crippen molar-refractivity contribution in [2.75, 3.05) is 9.80 Å². The number of pyridine rings is 1. The highest BCUT2D eigenvalue weighted by Gasteiger charge is 2.48. The highest BCUT2D eigenvalue weighted by atomic mass is 35.5. The van der Waals surface area contributed by atoms with Gasteiger partial charge in [0, 0.05) is 41.6 Å². The zero-order valence-corrected chi connectivity index (χ0v) is 22.2. The van der Waals surface area contributed by atoms with Crippen molar-refractivity contribution < 1.29 is 27.6 Å². The Morgan fingerprint density at radius 3 is 2.54 bits per heavy atom. The standard InChI is InChI=1S/C29H23ClF3N5O3/c30-22-9-2-1-8-21(22)26(27(40)36-19-14-29(32,33)15-19)37(20-7-3-5-17(31)13-20)28(41)23-11-12-25(39)38(23)24-10-4-6-18(16-34)35-24/h1-10,13,19,23,26H,11-12,14-15H2,(H,36,40)/t23-,26?/m0/s1. The molecule has 210 valence electrons. The minimum atomic E-state index is -2.91. The number of nitriles is 1. The fraction of sp³-hybridized carbons (Fsp3) is 0.276. The number of benzene rings is 2. The normalized spacial score (nSPS) is 18.8. The molecular formula is C29H23ClF3N5O3. The molecule has 2 aromatic carbocycles. The minimum Gasteiger partial charge on any atom is -0.351 e. The van der Waals surface area contributed by atoms with Crippen molar-refractivity contribution in [3.8, 4) is 6.07 Å². The van der Waals surface area contributed by atoms with Gasteiger partial charge in [0.1, 0.15) is 35.5 Å². The molecule has 3 amide bonds. The van der Waals surface area contributed by atoms with Crippen molar-refractivity contribution >= 4 is 40.8 Å². The summed E-state index contributed by atoms with van der Waals surface area (Å²) in [5, 5.41) is 12.0. The average molecular weight is 582 g/mol. The topological polar surface area (TPSA) is 106 Å². The molecule has 12 heteroatoms. The summed E-state index contributed by atoms with van der Waals surface area (Å²) in [7, 11) is 0. The molecule has 1 aliphatic carbocycles. The highest BCUT2D eigenvalue weighted by Crippen LogP contribution is 2.39. The van der Waals surface area contributed by atoms with Gasteiger partial charge in [-0.25, -0.2) is 18.2 Å². The van der Waals surface area contributed by atoms with Crippen LogP contribution in [0.3, 0.4) is 0 Å². The second-order valence-corrected chi connectivity index (χ2v) is 10.3. The molecule has 0 bridgehead atoms. The molecule has 5 rings (SSSR count). The minimum absolute atomic E-state index is 0.00737. The van der Waals surface area contributed by atoms with Crippen LogP contribution in [0, 0.1) is 17.1 Å². The van der Waals surface area contributed by atoms with Crippen LogP contribution in [-0.2, 0) is 14.4 Å². The molecule has 8 nitrogen and oxygen atoms in total. The third-order valence-corrected chi connectivity index (χ3v) is 7.40. The van der Waals surface area contributed by atoms with Gasteiger partial charge in [-0.2, -0.15) is 5.26 Å². The summed E-state index contributed by atoms with van der Waals surface area (Å²) in [5.74, 6) is -5.51. The van der Waals surface area contributed by atoms with Crippen LogP contribution in [-0.4, -0.2) is 40.7 Å². The van der Waals surface area contributed by atoms with E-state index in [-0.39, 0.29) is 40.6 Å². The van der Waals surface area contributed by atoms with Gasteiger partial charge in [0.25, 0.3) is 11.8 Å². The molecule has 1 N–H and O–H groups in total. The van der Waals surface area contributed by atoms with Gasteiger partial charge in [0.2, 0.25) is 11.8 Å². The van der Waals surface area contributed by atoms with E-state index in [0.29, 0.717) is 0 Å². The largest absolute Gasteiger partial charge is 0.351 e. The van der Waals surface area contributed by atoms with Crippen LogP contribution in [0.25, 0.3) is 0 Å². The summed E-state index contributed by atoms with van der Waals surface area (Å²) in [6.45, 7) is 0. The van der Waals surface area contributed by atoms with Gasteiger partial charge in [-0.3, -0.25) is 24.2 Å². The van der Waals surface area contributed by atoms with E-state index in [1.807, 2.05) is 6.07 Å². The number of rotatable bonds is 7. The molecule has 1 saturated heterocycles. The smallest absolute Gasteiger partial charge is 0.252 e. The molecule has 0 radical (unpaired) electrons. The Hall–Kier alpha value is -4.43. The Kier molecular flexibility index (Phi) is 7.69. The Balaban J connectivity index is 1.61. The Labute approximate surface area is 238 Å². The Bertz CT molecular complexity index is 1550. The third kappa shape index (κ3) is 5.74. The first kappa shape index (κ1) is 28.1. The zero-order valence-electron chi connectivity index (χ0n) is 21.4. The lowest BCUT2D eigenvalue weighted by Gasteiger charge is -2.39. The summed E-state index contributed by atoms with van der Waals surface area (Å²) in [5.41, 5.74) is 0.198. The highest BCUT2D eigenvalue weighted by molar-refractivity contribution is 6.31. The average Bonchev–Trinajstić information content (AvgIpc) is 3.32. The summed E-state index contributed by atoms with van der Waals surface area (Å²) in [6.07, 6.45) is -1.10. The van der Waals surface area contributed by atoms with E-state index in [1.54, 1.807) is 12.1 Å². The molecule has 1 aliphatic heterocycles. The van der Waals surface area contributed by atoms with E-state index < -0.39 is 60.4 Å². The van der Waals surface area contributed by atoms with E-state index in [2.05, 4.69) is 10.3 Å². The molecular weight excluding hydrogens is 559 g/mol. The maximum Gasteiger partial charge on any atom is 0.252 e. The molecule has 2 heterocycles. The van der Waals surface area contributed by atoms with E-state index >= 15 is 0 Å². The lowest BCUT2D eigenvalue weighted by Crippen LogP contribution is -2.56. The fourth-order valence-corrected chi connectivity index (χ4v) is 5.39. The number of nitrogens with zero attached hydrogens (tertiary/aromatic N) is 4. The SMILES string of the molecule is N#Cc1cccc(N2C(=O)CC[C@H]2C(=O)N(c2cccc(F)c2)C(C(=O)NC2CC(F)(F)C2)c2ccccc2Cl)n1. The van der Waals surface area contributed by atoms with Crippen LogP contribution in [0.2, 0.25) is 5.02 Å². The maximum absolute atomic E-state index is 14.5. The molecule has 2 aliphatic rings. The van der Waals surface area contributed by atoms with Gasteiger partial charge in [-0.15, -0.1) is 0 Å². The van der Waals surface area contributed by atoms with Gasteiger partial charge in [0.05, 0.1) is 0 Å². The lowest BCUT2D eigenvalue weighted by molar-refractivity contribution is -0.133. The van der Waals surface area contributed by atoms with Crippen molar-refractivity contribution in [3.05, 3.63) is 88.8 Å². The zero-order chi connectivity index (χ0) is 29.3. The molecule has 0 spiro atoms. The Morgan fingerprint density at radius 2 is 1.85 bits per heavy atom. The van der Waals surface area contributed by atoms with Gasteiger partial charge in [0.15, 0.2) is 0 Å². The molecule has 2 fully saturated rings. The second-order valence-electron chi connectivity index (χ2n) is 9.89. The summed E-state index contributed by atoms with van der Waals surface area (Å²) in [6, 6.07) is 14.1. The molecule has 2 atom stereocenters. The van der Waals surface area contributed by atoms with E-state index in [0.717, 1.165) is 21.9 Å². The van der Waals surface area contributed by atoms with Gasteiger partial charge >= 0.3 is 0 Å². The number of carbonyl (C=O) groups is 3. The third-order valence-electron chi connectivity index (χ3n) is 7.06. The number of hydrogen-bond donors (Lipinski definition) is 1. The first-order chi connectivity index (χ1) is 19.6. The number of amides is 3. The van der Waals surface area contributed by atoms with Crippen LogP contribution in [0.15, 0.2) is 66.7 Å². The van der Waals surface area contributed by atoms with E-state index in [4.69, 9.17) is 11.6 Å². The molecule has 3 aromatic rings. The number of anilines is 2. The fourth-order valence-electron chi connectivity index (χ4n) is 5.15. The van der Waals surface area contributed by atoms with Crippen LogP contribution in [0.1, 0.15) is 43.0 Å². The summed E-state index contributed by atoms with van der Waals surface area (Å²) in [4.78, 5) is 47.6. The first-order valence-electron chi connectivity index (χ1n) is 12.8. The molecule has 1 aromatic heterocycles. The van der Waals surface area contributed by atoms with Crippen LogP contribution < -0.4 is 15.1 Å². The van der Waals surface area contributed by atoms with Crippen molar-refractivity contribution in [1.82, 2.24) is 10.3 Å². The molecule has 1 saturated carbocycles. The molecule has 41 heavy (non-hydrogen) atoms. The van der Waals surface area contributed by atoms with Crippen molar-refractivity contribution in [2.45, 2.75) is 49.7 Å². The number of hydrogen-bond acceptors (Lipinski definition) is 5. The number of nitrogens with one attached hydrogen (secondary N) is 1. The number of alkyl halides is 2.